The lowest BCUT2D eigenvalue weighted by molar-refractivity contribution is 0.0707. The van der Waals surface area contributed by atoms with Crippen LogP contribution in [0.3, 0.4) is 0 Å². The second-order valence-corrected chi connectivity index (χ2v) is 8.13. The summed E-state index contributed by atoms with van der Waals surface area (Å²) in [5, 5.41) is 0.430. The second kappa shape index (κ2) is 12.2. The molecule has 0 radical (unpaired) electrons. The third-order valence-corrected chi connectivity index (χ3v) is 6.62. The van der Waals surface area contributed by atoms with E-state index in [0.29, 0.717) is 25.1 Å². The fourth-order valence-corrected chi connectivity index (χ4v) is 5.38. The molecule has 0 rings (SSSR count). The molecule has 0 aliphatic rings. The maximum atomic E-state index is 5.85. The molecule has 1 atom stereocenters. The van der Waals surface area contributed by atoms with Crippen molar-refractivity contribution in [1.29, 1.82) is 0 Å². The van der Waals surface area contributed by atoms with Crippen LogP contribution in [0.15, 0.2) is 0 Å². The van der Waals surface area contributed by atoms with Gasteiger partial charge in [0.05, 0.1) is 0 Å². The molecular formula is C14H32O3SSi. The van der Waals surface area contributed by atoms with E-state index >= 15 is 0 Å². The van der Waals surface area contributed by atoms with Crippen molar-refractivity contribution >= 4 is 21.4 Å². The predicted molar refractivity (Wildman–Crippen MR) is 87.0 cm³/mol. The minimum atomic E-state index is -2.45. The molecule has 1 unspecified atom stereocenters. The van der Waals surface area contributed by atoms with Gasteiger partial charge in [0.25, 0.3) is 0 Å². The minimum Gasteiger partial charge on any atom is -0.374 e. The predicted octanol–water partition coefficient (Wildman–Crippen LogP) is 4.30. The van der Waals surface area contributed by atoms with Gasteiger partial charge in [-0.15, -0.1) is 0 Å². The Bertz CT molecular complexity index is 188. The molecule has 0 bridgehead atoms. The van der Waals surface area contributed by atoms with Crippen molar-refractivity contribution in [2.24, 2.45) is 0 Å². The maximum Gasteiger partial charge on any atom is 0.500 e. The van der Waals surface area contributed by atoms with E-state index in [1.165, 1.54) is 25.7 Å². The Balaban J connectivity index is 4.21. The van der Waals surface area contributed by atoms with E-state index in [-0.39, 0.29) is 0 Å². The van der Waals surface area contributed by atoms with Gasteiger partial charge < -0.3 is 13.3 Å². The monoisotopic (exact) mass is 308 g/mol. The SMILES string of the molecule is CCCCCC(S)CC[Si](OCC)(OCC)OCC. The summed E-state index contributed by atoms with van der Waals surface area (Å²) in [4.78, 5) is 0. The van der Waals surface area contributed by atoms with Crippen LogP contribution in [-0.2, 0) is 13.3 Å². The Morgan fingerprint density at radius 2 is 1.37 bits per heavy atom. The fourth-order valence-electron chi connectivity index (χ4n) is 2.12. The highest BCUT2D eigenvalue weighted by Crippen LogP contribution is 2.23. The van der Waals surface area contributed by atoms with E-state index < -0.39 is 8.80 Å². The van der Waals surface area contributed by atoms with Gasteiger partial charge in [0.2, 0.25) is 0 Å². The number of hydrogen-bond donors (Lipinski definition) is 1. The topological polar surface area (TPSA) is 27.7 Å². The summed E-state index contributed by atoms with van der Waals surface area (Å²) in [7, 11) is -2.45. The average molecular weight is 309 g/mol. The summed E-state index contributed by atoms with van der Waals surface area (Å²) in [6, 6.07) is 0.878. The molecule has 0 amide bonds. The van der Waals surface area contributed by atoms with Gasteiger partial charge >= 0.3 is 8.80 Å². The van der Waals surface area contributed by atoms with Crippen LogP contribution in [0.4, 0.5) is 0 Å². The largest absolute Gasteiger partial charge is 0.500 e. The number of thiol groups is 1. The summed E-state index contributed by atoms with van der Waals surface area (Å²) < 4.78 is 17.5. The van der Waals surface area contributed by atoms with Crippen LogP contribution in [0.2, 0.25) is 6.04 Å². The zero-order valence-electron chi connectivity index (χ0n) is 13.1. The number of unbranched alkanes of at least 4 members (excludes halogenated alkanes) is 2. The standard InChI is InChI=1S/C14H32O3SSi/c1-5-9-10-11-14(18)12-13-19(15-6-2,16-7-3)17-8-4/h14,18H,5-13H2,1-4H3. The highest BCUT2D eigenvalue weighted by molar-refractivity contribution is 7.80. The molecule has 19 heavy (non-hydrogen) atoms. The Hall–Kier alpha value is 0.447. The van der Waals surface area contributed by atoms with Crippen LogP contribution >= 0.6 is 12.6 Å². The lowest BCUT2D eigenvalue weighted by Crippen LogP contribution is -2.46. The van der Waals surface area contributed by atoms with Crippen molar-refractivity contribution in [2.45, 2.75) is 71.1 Å². The Morgan fingerprint density at radius 1 is 0.842 bits per heavy atom. The van der Waals surface area contributed by atoms with Crippen molar-refractivity contribution in [3.05, 3.63) is 0 Å². The molecule has 0 saturated carbocycles. The van der Waals surface area contributed by atoms with Gasteiger partial charge in [-0.1, -0.05) is 26.2 Å². The van der Waals surface area contributed by atoms with Crippen molar-refractivity contribution < 1.29 is 13.3 Å². The van der Waals surface area contributed by atoms with E-state index in [9.17, 15) is 0 Å². The molecular weight excluding hydrogens is 276 g/mol. The van der Waals surface area contributed by atoms with Gasteiger partial charge in [0.1, 0.15) is 0 Å². The smallest absolute Gasteiger partial charge is 0.374 e. The molecule has 0 heterocycles. The second-order valence-electron chi connectivity index (χ2n) is 4.67. The third-order valence-electron chi connectivity index (χ3n) is 3.02. The van der Waals surface area contributed by atoms with Crippen LogP contribution < -0.4 is 0 Å². The van der Waals surface area contributed by atoms with Crippen molar-refractivity contribution in [2.75, 3.05) is 19.8 Å². The summed E-state index contributed by atoms with van der Waals surface area (Å²) in [5.74, 6) is 0. The number of rotatable bonds is 13. The normalized spacial score (nSPS) is 13.7. The first-order valence-electron chi connectivity index (χ1n) is 7.74. The number of hydrogen-bond acceptors (Lipinski definition) is 4. The van der Waals surface area contributed by atoms with Crippen LogP contribution in [0.25, 0.3) is 0 Å². The van der Waals surface area contributed by atoms with Gasteiger partial charge in [0, 0.05) is 31.1 Å². The molecule has 0 aliphatic heterocycles. The minimum absolute atomic E-state index is 0.430. The zero-order chi connectivity index (χ0) is 14.6. The molecule has 116 valence electrons. The molecule has 5 heteroatoms. The van der Waals surface area contributed by atoms with E-state index in [1.807, 2.05) is 20.8 Å². The summed E-state index contributed by atoms with van der Waals surface area (Å²) in [5.41, 5.74) is 0. The molecule has 0 aromatic carbocycles. The van der Waals surface area contributed by atoms with Crippen LogP contribution in [-0.4, -0.2) is 33.9 Å². The highest BCUT2D eigenvalue weighted by atomic mass is 32.1. The first-order chi connectivity index (χ1) is 9.14. The van der Waals surface area contributed by atoms with Crippen molar-refractivity contribution in [3.63, 3.8) is 0 Å². The summed E-state index contributed by atoms with van der Waals surface area (Å²) in [6.45, 7) is 10.2. The first kappa shape index (κ1) is 19.4. The Morgan fingerprint density at radius 3 is 1.79 bits per heavy atom. The van der Waals surface area contributed by atoms with E-state index in [1.54, 1.807) is 0 Å². The van der Waals surface area contributed by atoms with E-state index in [2.05, 4.69) is 19.6 Å². The van der Waals surface area contributed by atoms with Crippen LogP contribution in [0.1, 0.15) is 59.8 Å². The molecule has 0 aromatic rings. The van der Waals surface area contributed by atoms with Gasteiger partial charge in [-0.25, -0.2) is 0 Å². The molecule has 0 N–H and O–H groups in total. The first-order valence-corrected chi connectivity index (χ1v) is 10.2. The molecule has 0 aromatic heterocycles. The molecule has 0 spiro atoms. The van der Waals surface area contributed by atoms with Gasteiger partial charge in [0.15, 0.2) is 0 Å². The molecule has 0 aliphatic carbocycles. The Labute approximate surface area is 126 Å². The van der Waals surface area contributed by atoms with Crippen molar-refractivity contribution in [1.82, 2.24) is 0 Å². The molecule has 3 nitrogen and oxygen atoms in total. The zero-order valence-corrected chi connectivity index (χ0v) is 15.0. The fraction of sp³-hybridized carbons (Fsp3) is 1.00. The van der Waals surface area contributed by atoms with E-state index in [4.69, 9.17) is 13.3 Å². The lowest BCUT2D eigenvalue weighted by atomic mass is 10.1. The van der Waals surface area contributed by atoms with Gasteiger partial charge in [-0.2, -0.15) is 12.6 Å². The van der Waals surface area contributed by atoms with Gasteiger partial charge in [-0.05, 0) is 33.6 Å². The third kappa shape index (κ3) is 9.08. The van der Waals surface area contributed by atoms with Crippen molar-refractivity contribution in [3.8, 4) is 0 Å². The Kier molecular flexibility index (Phi) is 12.5. The lowest BCUT2D eigenvalue weighted by Gasteiger charge is -2.29. The summed E-state index contributed by atoms with van der Waals surface area (Å²) >= 11 is 4.67. The van der Waals surface area contributed by atoms with Gasteiger partial charge in [-0.3, -0.25) is 0 Å². The summed E-state index contributed by atoms with van der Waals surface area (Å²) in [6.07, 6.45) is 6.00. The maximum absolute atomic E-state index is 5.85. The van der Waals surface area contributed by atoms with E-state index in [0.717, 1.165) is 12.5 Å². The molecule has 0 saturated heterocycles. The highest BCUT2D eigenvalue weighted by Gasteiger charge is 2.40. The molecule has 0 fully saturated rings. The average Bonchev–Trinajstić information content (AvgIpc) is 2.38. The van der Waals surface area contributed by atoms with Crippen LogP contribution in [0, 0.1) is 0 Å². The van der Waals surface area contributed by atoms with Crippen LogP contribution in [0.5, 0.6) is 0 Å². The quantitative estimate of drug-likeness (QED) is 0.312.